The lowest BCUT2D eigenvalue weighted by Gasteiger charge is -2.25. The Morgan fingerprint density at radius 2 is 0.800 bits per heavy atom. The molecule has 2 aromatic carbocycles. The summed E-state index contributed by atoms with van der Waals surface area (Å²) in [4.78, 5) is 47.5. The van der Waals surface area contributed by atoms with Crippen LogP contribution in [0.1, 0.15) is 20.7 Å². The van der Waals surface area contributed by atoms with Gasteiger partial charge in [0.1, 0.15) is 49.8 Å². The fourth-order valence-electron chi connectivity index (χ4n) is 4.61. The quantitative estimate of drug-likeness (QED) is 0.0381. The van der Waals surface area contributed by atoms with Gasteiger partial charge < -0.3 is 96.8 Å². The van der Waals surface area contributed by atoms with E-state index in [0.29, 0.717) is 32.8 Å². The summed E-state index contributed by atoms with van der Waals surface area (Å²) < 4.78 is 19.4. The van der Waals surface area contributed by atoms with Crippen LogP contribution in [0.3, 0.4) is 0 Å². The van der Waals surface area contributed by atoms with E-state index in [0.717, 1.165) is 0 Å². The van der Waals surface area contributed by atoms with Crippen molar-refractivity contribution in [3.05, 3.63) is 44.7 Å². The Balaban J connectivity index is 0.00000128. The summed E-state index contributed by atoms with van der Waals surface area (Å²) in [5.41, 5.74) is 1.11. The summed E-state index contributed by atoms with van der Waals surface area (Å²) in [6.07, 6.45) is -11.3. The highest BCUT2D eigenvalue weighted by atomic mass is 127. The maximum atomic E-state index is 12.2. The van der Waals surface area contributed by atoms with Gasteiger partial charge in [-0.25, -0.2) is 9.59 Å². The number of hydrogen-bond acceptors (Lipinski definition) is 19. The highest BCUT2D eigenvalue weighted by molar-refractivity contribution is 14.1. The SMILES string of the molecule is CNC[C@H](O)[C@@H](O)[C@H](O)[C@H](O)CO.CNC[C@H](O)[C@@H](O)[C@H](O)[C@H](O)CO.O=C(COCCOCCOCC(=O)Nc1c(I)cc(I)c(C(=O)O)c1I)Nc1c(I)cc(I)c(C(=O)O)c1I. The average Bonchev–Trinajstić information content (AvgIpc) is 3.24. The molecule has 16 N–H and O–H groups in total. The van der Waals surface area contributed by atoms with Crippen LogP contribution in [-0.2, 0) is 23.8 Å². The molecular weight excluding hydrogens is 1550 g/mol. The summed E-state index contributed by atoms with van der Waals surface area (Å²) in [6.45, 7) is -0.929. The Bertz CT molecular complexity index is 1680. The average molecular weight is 1610 g/mol. The van der Waals surface area contributed by atoms with Crippen molar-refractivity contribution in [1.29, 1.82) is 0 Å². The summed E-state index contributed by atoms with van der Waals surface area (Å²) in [5, 5.41) is 119. The number of aliphatic hydroxyl groups is 10. The maximum Gasteiger partial charge on any atom is 0.337 e. The minimum Gasteiger partial charge on any atom is -0.478 e. The summed E-state index contributed by atoms with van der Waals surface area (Å²) >= 11 is 11.8. The third-order valence-corrected chi connectivity index (χ3v) is 13.5. The second-order valence-corrected chi connectivity index (χ2v) is 19.8. The molecule has 2 amide bonds. The second kappa shape index (κ2) is 35.2. The van der Waals surface area contributed by atoms with Crippen molar-refractivity contribution in [3.63, 3.8) is 0 Å². The summed E-state index contributed by atoms with van der Waals surface area (Å²) in [7, 11) is 3.15. The lowest BCUT2D eigenvalue weighted by atomic mass is 10.0. The molecule has 8 atom stereocenters. The largest absolute Gasteiger partial charge is 0.478 e. The molecule has 0 spiro atoms. The van der Waals surface area contributed by atoms with Crippen LogP contribution in [0.2, 0.25) is 0 Å². The number of aliphatic hydroxyl groups excluding tert-OH is 10. The number of nitrogens with one attached hydrogen (secondary N) is 4. The predicted molar refractivity (Wildman–Crippen MR) is 283 cm³/mol. The van der Waals surface area contributed by atoms with Gasteiger partial charge in [-0.2, -0.15) is 0 Å². The second-order valence-electron chi connectivity index (χ2n) is 12.9. The van der Waals surface area contributed by atoms with Gasteiger partial charge in [0.25, 0.3) is 0 Å². The molecule has 2 rings (SSSR count). The number of amides is 2. The molecule has 0 saturated heterocycles. The molecule has 0 heterocycles. The maximum absolute atomic E-state index is 12.2. The number of benzene rings is 2. The zero-order chi connectivity index (χ0) is 50.1. The van der Waals surface area contributed by atoms with Crippen molar-refractivity contribution in [3.8, 4) is 0 Å². The van der Waals surface area contributed by atoms with Crippen molar-refractivity contribution in [2.75, 3.05) is 90.7 Å². The minimum absolute atomic E-state index is 0.0936. The molecule has 29 heteroatoms. The van der Waals surface area contributed by atoms with Gasteiger partial charge in [0.05, 0.1) is 81.5 Å². The molecule has 65 heavy (non-hydrogen) atoms. The third kappa shape index (κ3) is 23.7. The predicted octanol–water partition coefficient (Wildman–Crippen LogP) is -1.38. The first-order valence-electron chi connectivity index (χ1n) is 18.5. The van der Waals surface area contributed by atoms with Gasteiger partial charge in [-0.3, -0.25) is 9.59 Å². The molecule has 0 bridgehead atoms. The van der Waals surface area contributed by atoms with Gasteiger partial charge in [-0.15, -0.1) is 0 Å². The van der Waals surface area contributed by atoms with Crippen LogP contribution in [0.15, 0.2) is 12.1 Å². The van der Waals surface area contributed by atoms with E-state index in [-0.39, 0.29) is 63.9 Å². The Morgan fingerprint density at radius 1 is 0.508 bits per heavy atom. The van der Waals surface area contributed by atoms with E-state index in [1.807, 2.05) is 136 Å². The van der Waals surface area contributed by atoms with Crippen molar-refractivity contribution >= 4 is 171 Å². The molecule has 0 fully saturated rings. The lowest BCUT2D eigenvalue weighted by Crippen LogP contribution is -2.48. The number of carboxylic acid groups (broad SMARTS) is 2. The molecule has 372 valence electrons. The molecule has 0 radical (unpaired) electrons. The highest BCUT2D eigenvalue weighted by Gasteiger charge is 2.30. The zero-order valence-electron chi connectivity index (χ0n) is 34.3. The topological polar surface area (TPSA) is 387 Å². The number of carbonyl (C=O) groups excluding carboxylic acids is 2. The fourth-order valence-corrected chi connectivity index (χ4v) is 12.8. The van der Waals surface area contributed by atoms with Crippen molar-refractivity contribution < 1.29 is 94.7 Å². The van der Waals surface area contributed by atoms with E-state index in [1.54, 1.807) is 26.2 Å². The monoisotopic (exact) mass is 1610 g/mol. The molecule has 0 saturated carbocycles. The summed E-state index contributed by atoms with van der Waals surface area (Å²) in [6, 6.07) is 3.36. The van der Waals surface area contributed by atoms with Crippen LogP contribution >= 0.6 is 136 Å². The van der Waals surface area contributed by atoms with Crippen LogP contribution in [0, 0.1) is 21.4 Å². The van der Waals surface area contributed by atoms with Crippen LogP contribution in [-0.4, -0.2) is 214 Å². The summed E-state index contributed by atoms with van der Waals surface area (Å²) in [5.74, 6) is -2.99. The number of rotatable bonds is 26. The first-order valence-corrected chi connectivity index (χ1v) is 25.0. The van der Waals surface area contributed by atoms with E-state index >= 15 is 0 Å². The molecular formula is C36H52I6N4O19. The van der Waals surface area contributed by atoms with Gasteiger partial charge in [0, 0.05) is 27.4 Å². The number of halogens is 6. The number of likely N-dealkylation sites (N-methyl/N-ethyl adjacent to an activating group) is 2. The first kappa shape index (κ1) is 65.1. The van der Waals surface area contributed by atoms with Gasteiger partial charge in [0.2, 0.25) is 11.8 Å². The number of anilines is 2. The van der Waals surface area contributed by atoms with E-state index < -0.39 is 85.8 Å². The number of aromatic carboxylic acids is 2. The molecule has 0 aliphatic carbocycles. The van der Waals surface area contributed by atoms with Gasteiger partial charge in [-0.05, 0) is 162 Å². The van der Waals surface area contributed by atoms with Gasteiger partial charge in [-0.1, -0.05) is 0 Å². The Labute approximate surface area is 455 Å². The number of carbonyl (C=O) groups is 4. The molecule has 0 aliphatic heterocycles. The molecule has 0 unspecified atom stereocenters. The van der Waals surface area contributed by atoms with E-state index in [1.165, 1.54) is 0 Å². The third-order valence-electron chi connectivity index (χ3n) is 7.98. The van der Waals surface area contributed by atoms with Crippen molar-refractivity contribution in [1.82, 2.24) is 10.6 Å². The van der Waals surface area contributed by atoms with Crippen LogP contribution < -0.4 is 21.3 Å². The molecule has 0 aliphatic rings. The first-order chi connectivity index (χ1) is 30.4. The van der Waals surface area contributed by atoms with Gasteiger partial charge >= 0.3 is 11.9 Å². The highest BCUT2D eigenvalue weighted by Crippen LogP contribution is 2.33. The fraction of sp³-hybridized carbons (Fsp3) is 0.556. The number of ether oxygens (including phenoxy) is 3. The van der Waals surface area contributed by atoms with Gasteiger partial charge in [0.15, 0.2) is 0 Å². The van der Waals surface area contributed by atoms with E-state index in [2.05, 4.69) is 21.3 Å². The van der Waals surface area contributed by atoms with Crippen LogP contribution in [0.25, 0.3) is 0 Å². The van der Waals surface area contributed by atoms with E-state index in [9.17, 15) is 39.6 Å². The molecule has 0 aromatic heterocycles. The molecule has 2 aromatic rings. The van der Waals surface area contributed by atoms with E-state index in [4.69, 9.17) is 55.1 Å². The zero-order valence-corrected chi connectivity index (χ0v) is 47.3. The Morgan fingerprint density at radius 3 is 1.08 bits per heavy atom. The Kier molecular flexibility index (Phi) is 35.3. The Hall–Kier alpha value is 0.100. The minimum atomic E-state index is -1.55. The standard InChI is InChI=1S/C22H18I6N2O9.2C7H17NO5/c23-9-5-11(25)19(17(27)15(9)21(33)34)29-13(31)7-38-3-1-37-2-4-39-8-14(32)30-20-12(26)6-10(24)16(18(20)28)22(35)36;2*1-8-2-4(10)6(12)7(13)5(11)3-9/h5-6H,1-4,7-8H2,(H,29,31)(H,30,32)(H,33,34)(H,35,36);2*4-13H,2-3H2,1H3/t;2*4-,5+,6+,7+/m.00/s1. The van der Waals surface area contributed by atoms with Crippen LogP contribution in [0.5, 0.6) is 0 Å². The van der Waals surface area contributed by atoms with Crippen molar-refractivity contribution in [2.45, 2.75) is 48.8 Å². The smallest absolute Gasteiger partial charge is 0.337 e. The lowest BCUT2D eigenvalue weighted by molar-refractivity contribution is -0.121. The normalized spacial score (nSPS) is 14.8. The molecule has 23 nitrogen and oxygen atoms in total. The van der Waals surface area contributed by atoms with Crippen molar-refractivity contribution in [2.24, 2.45) is 0 Å². The number of hydrogen-bond donors (Lipinski definition) is 16. The van der Waals surface area contributed by atoms with Crippen LogP contribution in [0.4, 0.5) is 11.4 Å². The number of carboxylic acids is 2.